The standard InChI is InChI=1S/C20H21N3O3S/c1-21-27(25,26)18-10-4-6-15(12-18)13-22-20(24)23-14-17-9-5-8-16-7-2-3-11-19(16)17/h2-12,21H,13-14H2,1H3,(H2,22,23,24). The summed E-state index contributed by atoms with van der Waals surface area (Å²) in [6, 6.07) is 20.1. The van der Waals surface area contributed by atoms with Gasteiger partial charge in [0, 0.05) is 13.1 Å². The molecule has 6 nitrogen and oxygen atoms in total. The van der Waals surface area contributed by atoms with Crippen molar-refractivity contribution in [3.8, 4) is 0 Å². The highest BCUT2D eigenvalue weighted by Gasteiger charge is 2.11. The van der Waals surface area contributed by atoms with Crippen molar-refractivity contribution in [2.75, 3.05) is 7.05 Å². The molecule has 3 aromatic rings. The normalized spacial score (nSPS) is 11.3. The van der Waals surface area contributed by atoms with Gasteiger partial charge in [-0.15, -0.1) is 0 Å². The predicted octanol–water partition coefficient (Wildman–Crippen LogP) is 2.75. The van der Waals surface area contributed by atoms with Crippen LogP contribution in [0.5, 0.6) is 0 Å². The molecule has 0 aliphatic rings. The molecule has 0 aliphatic carbocycles. The maximum atomic E-state index is 12.1. The summed E-state index contributed by atoms with van der Waals surface area (Å²) in [5, 5.41) is 7.81. The van der Waals surface area contributed by atoms with Crippen LogP contribution in [-0.2, 0) is 23.1 Å². The number of carbonyl (C=O) groups excluding carboxylic acids is 1. The first kappa shape index (κ1) is 18.9. The quantitative estimate of drug-likeness (QED) is 0.612. The van der Waals surface area contributed by atoms with Crippen molar-refractivity contribution in [2.24, 2.45) is 0 Å². The first-order valence-electron chi connectivity index (χ1n) is 8.50. The summed E-state index contributed by atoms with van der Waals surface area (Å²) in [4.78, 5) is 12.3. The Kier molecular flexibility index (Phi) is 5.73. The second-order valence-electron chi connectivity index (χ2n) is 6.03. The molecule has 0 unspecified atom stereocenters. The zero-order chi connectivity index (χ0) is 19.3. The lowest BCUT2D eigenvalue weighted by atomic mass is 10.0. The zero-order valence-corrected chi connectivity index (χ0v) is 15.7. The Hall–Kier alpha value is -2.90. The Labute approximate surface area is 158 Å². The summed E-state index contributed by atoms with van der Waals surface area (Å²) < 4.78 is 26.0. The monoisotopic (exact) mass is 383 g/mol. The van der Waals surface area contributed by atoms with E-state index in [0.717, 1.165) is 16.3 Å². The molecule has 140 valence electrons. The maximum Gasteiger partial charge on any atom is 0.315 e. The Morgan fingerprint density at radius 2 is 1.59 bits per heavy atom. The first-order valence-corrected chi connectivity index (χ1v) is 9.99. The molecule has 3 N–H and O–H groups in total. The van der Waals surface area contributed by atoms with Crippen LogP contribution in [0.3, 0.4) is 0 Å². The Morgan fingerprint density at radius 3 is 2.41 bits per heavy atom. The molecular formula is C20H21N3O3S. The van der Waals surface area contributed by atoms with Crippen molar-refractivity contribution in [3.63, 3.8) is 0 Å². The van der Waals surface area contributed by atoms with Crippen LogP contribution in [-0.4, -0.2) is 21.5 Å². The van der Waals surface area contributed by atoms with Crippen molar-refractivity contribution in [2.45, 2.75) is 18.0 Å². The van der Waals surface area contributed by atoms with E-state index >= 15 is 0 Å². The van der Waals surface area contributed by atoms with Gasteiger partial charge in [-0.05, 0) is 41.1 Å². The minimum Gasteiger partial charge on any atom is -0.334 e. The van der Waals surface area contributed by atoms with Gasteiger partial charge in [0.2, 0.25) is 10.0 Å². The lowest BCUT2D eigenvalue weighted by Crippen LogP contribution is -2.34. The second-order valence-corrected chi connectivity index (χ2v) is 7.92. The van der Waals surface area contributed by atoms with E-state index in [0.29, 0.717) is 12.1 Å². The van der Waals surface area contributed by atoms with Crippen LogP contribution in [0, 0.1) is 0 Å². The van der Waals surface area contributed by atoms with Crippen LogP contribution in [0.15, 0.2) is 71.6 Å². The SMILES string of the molecule is CNS(=O)(=O)c1cccc(CNC(=O)NCc2cccc3ccccc23)c1. The van der Waals surface area contributed by atoms with Gasteiger partial charge in [0.25, 0.3) is 0 Å². The number of rotatable bonds is 6. The topological polar surface area (TPSA) is 87.3 Å². The minimum absolute atomic E-state index is 0.167. The molecule has 0 radical (unpaired) electrons. The smallest absolute Gasteiger partial charge is 0.315 e. The maximum absolute atomic E-state index is 12.1. The fraction of sp³-hybridized carbons (Fsp3) is 0.150. The molecule has 0 aliphatic heterocycles. The molecule has 0 saturated carbocycles. The van der Waals surface area contributed by atoms with E-state index in [1.165, 1.54) is 19.2 Å². The molecule has 2 amide bonds. The molecule has 0 fully saturated rings. The molecule has 3 rings (SSSR count). The van der Waals surface area contributed by atoms with E-state index in [4.69, 9.17) is 0 Å². The van der Waals surface area contributed by atoms with Gasteiger partial charge < -0.3 is 10.6 Å². The summed E-state index contributed by atoms with van der Waals surface area (Å²) in [5.41, 5.74) is 1.73. The highest BCUT2D eigenvalue weighted by Crippen LogP contribution is 2.18. The molecule has 0 aromatic heterocycles. The molecular weight excluding hydrogens is 362 g/mol. The number of benzene rings is 3. The van der Waals surface area contributed by atoms with Gasteiger partial charge in [-0.3, -0.25) is 0 Å². The molecule has 0 atom stereocenters. The third kappa shape index (κ3) is 4.64. The number of amides is 2. The number of carbonyl (C=O) groups is 1. The summed E-state index contributed by atoms with van der Waals surface area (Å²) in [6.07, 6.45) is 0. The summed E-state index contributed by atoms with van der Waals surface area (Å²) in [6.45, 7) is 0.635. The van der Waals surface area contributed by atoms with Crippen molar-refractivity contribution in [1.82, 2.24) is 15.4 Å². The van der Waals surface area contributed by atoms with E-state index < -0.39 is 10.0 Å². The molecule has 0 spiro atoms. The number of hydrogen-bond donors (Lipinski definition) is 3. The zero-order valence-electron chi connectivity index (χ0n) is 14.9. The van der Waals surface area contributed by atoms with Crippen LogP contribution in [0.4, 0.5) is 4.79 Å². The van der Waals surface area contributed by atoms with Crippen LogP contribution in [0.1, 0.15) is 11.1 Å². The van der Waals surface area contributed by atoms with Crippen LogP contribution in [0.25, 0.3) is 10.8 Å². The molecule has 0 bridgehead atoms. The summed E-state index contributed by atoms with van der Waals surface area (Å²) >= 11 is 0. The van der Waals surface area contributed by atoms with Gasteiger partial charge in [0.05, 0.1) is 4.90 Å². The highest BCUT2D eigenvalue weighted by molar-refractivity contribution is 7.89. The second kappa shape index (κ2) is 8.20. The van der Waals surface area contributed by atoms with E-state index in [1.54, 1.807) is 12.1 Å². The number of nitrogens with one attached hydrogen (secondary N) is 3. The Morgan fingerprint density at radius 1 is 0.889 bits per heavy atom. The molecule has 0 saturated heterocycles. The van der Waals surface area contributed by atoms with E-state index in [9.17, 15) is 13.2 Å². The van der Waals surface area contributed by atoms with E-state index in [1.807, 2.05) is 42.5 Å². The minimum atomic E-state index is -3.50. The predicted molar refractivity (Wildman–Crippen MR) is 106 cm³/mol. The fourth-order valence-corrected chi connectivity index (χ4v) is 3.61. The number of hydrogen-bond acceptors (Lipinski definition) is 3. The summed E-state index contributed by atoms with van der Waals surface area (Å²) in [7, 11) is -2.14. The molecule has 27 heavy (non-hydrogen) atoms. The summed E-state index contributed by atoms with van der Waals surface area (Å²) in [5.74, 6) is 0. The number of sulfonamides is 1. The average molecular weight is 383 g/mol. The van der Waals surface area contributed by atoms with Crippen molar-refractivity contribution < 1.29 is 13.2 Å². The van der Waals surface area contributed by atoms with Crippen LogP contribution < -0.4 is 15.4 Å². The van der Waals surface area contributed by atoms with Crippen molar-refractivity contribution >= 4 is 26.8 Å². The molecule has 0 heterocycles. The van der Waals surface area contributed by atoms with Gasteiger partial charge in [0.15, 0.2) is 0 Å². The third-order valence-electron chi connectivity index (χ3n) is 4.25. The van der Waals surface area contributed by atoms with Crippen LogP contribution >= 0.6 is 0 Å². The third-order valence-corrected chi connectivity index (χ3v) is 5.66. The van der Waals surface area contributed by atoms with Gasteiger partial charge >= 0.3 is 6.03 Å². The van der Waals surface area contributed by atoms with Gasteiger partial charge in [-0.1, -0.05) is 54.6 Å². The Bertz CT molecular complexity index is 1060. The highest BCUT2D eigenvalue weighted by atomic mass is 32.2. The van der Waals surface area contributed by atoms with Crippen molar-refractivity contribution in [1.29, 1.82) is 0 Å². The number of urea groups is 1. The molecule has 3 aromatic carbocycles. The average Bonchev–Trinajstić information content (AvgIpc) is 2.71. The van der Waals surface area contributed by atoms with Crippen molar-refractivity contribution in [3.05, 3.63) is 77.9 Å². The van der Waals surface area contributed by atoms with E-state index in [2.05, 4.69) is 15.4 Å². The first-order chi connectivity index (χ1) is 13.0. The van der Waals surface area contributed by atoms with Gasteiger partial charge in [-0.2, -0.15) is 0 Å². The van der Waals surface area contributed by atoms with E-state index in [-0.39, 0.29) is 17.5 Å². The molecule has 7 heteroatoms. The van der Waals surface area contributed by atoms with Gasteiger partial charge in [-0.25, -0.2) is 17.9 Å². The Balaban J connectivity index is 1.60. The van der Waals surface area contributed by atoms with Gasteiger partial charge in [0.1, 0.15) is 0 Å². The lowest BCUT2D eigenvalue weighted by Gasteiger charge is -2.10. The number of fused-ring (bicyclic) bond motifs is 1. The lowest BCUT2D eigenvalue weighted by molar-refractivity contribution is 0.240. The largest absolute Gasteiger partial charge is 0.334 e. The van der Waals surface area contributed by atoms with Crippen LogP contribution in [0.2, 0.25) is 0 Å². The fourth-order valence-electron chi connectivity index (χ4n) is 2.81.